The summed E-state index contributed by atoms with van der Waals surface area (Å²) in [5.74, 6) is 0.244. The maximum absolute atomic E-state index is 13.6. The predicted molar refractivity (Wildman–Crippen MR) is 228 cm³/mol. The molecular weight excluding hydrogens is 797 g/mol. The fourth-order valence-corrected chi connectivity index (χ4v) is 7.90. The summed E-state index contributed by atoms with van der Waals surface area (Å²) in [6, 6.07) is 16.4. The minimum absolute atomic E-state index is 0.0461. The number of nitrogens with zero attached hydrogens (tertiary/aromatic N) is 6. The standard InChI is InChI=1S/C43H49Cl2N7O7/c1-42(2,3)59-41(56)51(23-27-17-19-34(53)46-27)21-25-16-18-32(47-37(25)57-8)31-15-11-14-30(36(31)45)29-13-10-12-28(35(29)44)26-20-33-38(54)50(7)40(48-52(33)22-26)49(6)24-43(4,5)39(55)58-9/h10-16,18,20,22,27H,17,19,21,23-24H2,1-9H3,(H,46,53)/t27-/m0/s1. The Bertz CT molecular complexity index is 2490. The number of ether oxygens (including phenoxy) is 3. The number of hydrogen-bond acceptors (Lipinski definition) is 10. The Labute approximate surface area is 353 Å². The Balaban J connectivity index is 1.31. The zero-order valence-corrected chi connectivity index (χ0v) is 36.2. The van der Waals surface area contributed by atoms with Crippen LogP contribution in [0.15, 0.2) is 65.6 Å². The van der Waals surface area contributed by atoms with Gasteiger partial charge in [0.2, 0.25) is 17.7 Å². The van der Waals surface area contributed by atoms with Crippen molar-refractivity contribution in [2.24, 2.45) is 12.5 Å². The van der Waals surface area contributed by atoms with Gasteiger partial charge in [-0.05, 0) is 59.2 Å². The maximum atomic E-state index is 13.6. The van der Waals surface area contributed by atoms with Gasteiger partial charge in [-0.2, -0.15) is 0 Å². The van der Waals surface area contributed by atoms with Gasteiger partial charge in [0.1, 0.15) is 11.1 Å². The number of nitrogens with one attached hydrogen (secondary N) is 1. The van der Waals surface area contributed by atoms with E-state index in [-0.39, 0.29) is 43.1 Å². The highest BCUT2D eigenvalue weighted by atomic mass is 35.5. The van der Waals surface area contributed by atoms with Crippen LogP contribution in [0.3, 0.4) is 0 Å². The van der Waals surface area contributed by atoms with Crippen molar-refractivity contribution >= 4 is 52.6 Å². The van der Waals surface area contributed by atoms with E-state index >= 15 is 0 Å². The van der Waals surface area contributed by atoms with Gasteiger partial charge in [-0.15, -0.1) is 5.10 Å². The Morgan fingerprint density at radius 3 is 2.20 bits per heavy atom. The number of pyridine rings is 1. The molecule has 0 aliphatic carbocycles. The number of carbonyl (C=O) groups is 3. The molecule has 0 saturated carbocycles. The first-order valence-corrected chi connectivity index (χ1v) is 19.9. The van der Waals surface area contributed by atoms with Gasteiger partial charge in [-0.25, -0.2) is 14.3 Å². The molecule has 0 unspecified atom stereocenters. The lowest BCUT2D eigenvalue weighted by atomic mass is 9.93. The van der Waals surface area contributed by atoms with Crippen molar-refractivity contribution in [1.82, 2.24) is 29.4 Å². The molecular formula is C43H49Cl2N7O7. The molecule has 1 aliphatic rings. The largest absolute Gasteiger partial charge is 0.481 e. The van der Waals surface area contributed by atoms with Gasteiger partial charge < -0.3 is 29.3 Å². The number of methoxy groups -OCH3 is 2. The topological polar surface area (TPSA) is 150 Å². The Morgan fingerprint density at radius 2 is 1.59 bits per heavy atom. The predicted octanol–water partition coefficient (Wildman–Crippen LogP) is 7.40. The number of hydrogen-bond donors (Lipinski definition) is 1. The molecule has 2 aromatic carbocycles. The molecule has 14 nitrogen and oxygen atoms in total. The fraction of sp³-hybridized carbons (Fsp3) is 0.395. The number of aromatic nitrogens is 4. The van der Waals surface area contributed by atoms with Crippen molar-refractivity contribution in [3.63, 3.8) is 0 Å². The van der Waals surface area contributed by atoms with Crippen molar-refractivity contribution < 1.29 is 28.6 Å². The highest BCUT2D eigenvalue weighted by Crippen LogP contribution is 2.42. The molecule has 2 amide bonds. The molecule has 0 radical (unpaired) electrons. The highest BCUT2D eigenvalue weighted by molar-refractivity contribution is 6.39. The van der Waals surface area contributed by atoms with E-state index in [0.717, 1.165) is 0 Å². The molecule has 16 heteroatoms. The van der Waals surface area contributed by atoms with Crippen LogP contribution < -0.4 is 20.5 Å². The average molecular weight is 847 g/mol. The summed E-state index contributed by atoms with van der Waals surface area (Å²) < 4.78 is 19.4. The molecule has 0 bridgehead atoms. The van der Waals surface area contributed by atoms with Crippen LogP contribution in [-0.4, -0.2) is 88.0 Å². The van der Waals surface area contributed by atoms with Crippen LogP contribution in [-0.2, 0) is 32.7 Å². The molecule has 1 saturated heterocycles. The number of anilines is 1. The molecule has 59 heavy (non-hydrogen) atoms. The number of carbonyl (C=O) groups excluding carboxylic acids is 3. The van der Waals surface area contributed by atoms with Gasteiger partial charge in [0, 0.05) is 79.2 Å². The summed E-state index contributed by atoms with van der Waals surface area (Å²) in [6.07, 6.45) is 2.25. The van der Waals surface area contributed by atoms with Gasteiger partial charge in [0.25, 0.3) is 5.56 Å². The van der Waals surface area contributed by atoms with E-state index in [4.69, 9.17) is 47.5 Å². The summed E-state index contributed by atoms with van der Waals surface area (Å²) in [5.41, 5.74) is 2.95. The second kappa shape index (κ2) is 16.9. The minimum atomic E-state index is -0.849. The highest BCUT2D eigenvalue weighted by Gasteiger charge is 2.32. The lowest BCUT2D eigenvalue weighted by Crippen LogP contribution is -2.43. The molecule has 3 aromatic heterocycles. The van der Waals surface area contributed by atoms with E-state index in [1.807, 2.05) is 48.5 Å². The summed E-state index contributed by atoms with van der Waals surface area (Å²) in [4.78, 5) is 59.3. The monoisotopic (exact) mass is 845 g/mol. The van der Waals surface area contributed by atoms with Crippen molar-refractivity contribution in [2.45, 2.75) is 65.6 Å². The van der Waals surface area contributed by atoms with Crippen LogP contribution in [0.25, 0.3) is 39.0 Å². The number of rotatable bonds is 12. The normalized spacial score (nSPS) is 14.3. The van der Waals surface area contributed by atoms with Crippen LogP contribution in [0.1, 0.15) is 53.0 Å². The van der Waals surface area contributed by atoms with E-state index in [0.29, 0.717) is 79.3 Å². The van der Waals surface area contributed by atoms with Crippen LogP contribution in [0.4, 0.5) is 10.7 Å². The number of fused-ring (bicyclic) bond motifs is 1. The van der Waals surface area contributed by atoms with Crippen LogP contribution >= 0.6 is 23.2 Å². The number of esters is 1. The molecule has 4 heterocycles. The Kier molecular flexibility index (Phi) is 12.3. The van der Waals surface area contributed by atoms with Gasteiger partial charge in [0.15, 0.2) is 0 Å². The Hall–Kier alpha value is -5.60. The van der Waals surface area contributed by atoms with E-state index in [1.54, 1.807) is 70.8 Å². The summed E-state index contributed by atoms with van der Waals surface area (Å²) in [7, 11) is 6.26. The quantitative estimate of drug-likeness (QED) is 0.126. The SMILES string of the molecule is COC(=O)C(C)(C)CN(C)c1nn2cc(-c3cccc(-c4cccc(-c5ccc(CN(C[C@@H]6CCC(=O)N6)C(=O)OC(C)(C)C)c(OC)n5)c4Cl)c3Cl)cc2c(=O)n1C. The first-order chi connectivity index (χ1) is 27.8. The molecule has 6 rings (SSSR count). The van der Waals surface area contributed by atoms with Crippen molar-refractivity contribution in [1.29, 1.82) is 0 Å². The summed E-state index contributed by atoms with van der Waals surface area (Å²) in [6.45, 7) is 9.60. The molecule has 1 fully saturated rings. The third-order valence-corrected chi connectivity index (χ3v) is 10.9. The Morgan fingerprint density at radius 1 is 0.949 bits per heavy atom. The van der Waals surface area contributed by atoms with E-state index in [1.165, 1.54) is 23.3 Å². The van der Waals surface area contributed by atoms with Crippen LogP contribution in [0.5, 0.6) is 5.88 Å². The van der Waals surface area contributed by atoms with E-state index in [2.05, 4.69) is 5.32 Å². The van der Waals surface area contributed by atoms with Gasteiger partial charge in [-0.3, -0.25) is 19.0 Å². The molecule has 312 valence electrons. The fourth-order valence-electron chi connectivity index (χ4n) is 7.24. The molecule has 1 aliphatic heterocycles. The third kappa shape index (κ3) is 9.18. The third-order valence-electron chi connectivity index (χ3n) is 10.1. The molecule has 5 aromatic rings. The van der Waals surface area contributed by atoms with E-state index in [9.17, 15) is 19.2 Å². The lowest BCUT2D eigenvalue weighted by molar-refractivity contribution is -0.150. The second-order valence-electron chi connectivity index (χ2n) is 16.3. The average Bonchev–Trinajstić information content (AvgIpc) is 3.80. The lowest BCUT2D eigenvalue weighted by Gasteiger charge is -2.29. The number of benzene rings is 2. The summed E-state index contributed by atoms with van der Waals surface area (Å²) in [5, 5.41) is 8.48. The second-order valence-corrected chi connectivity index (χ2v) is 17.1. The van der Waals surface area contributed by atoms with E-state index < -0.39 is 17.1 Å². The molecule has 1 N–H and O–H groups in total. The molecule has 1 atom stereocenters. The summed E-state index contributed by atoms with van der Waals surface area (Å²) >= 11 is 14.3. The van der Waals surface area contributed by atoms with Gasteiger partial charge >= 0.3 is 12.1 Å². The number of amides is 2. The zero-order chi connectivity index (χ0) is 43.0. The first kappa shape index (κ1) is 43.0. The van der Waals surface area contributed by atoms with Crippen molar-refractivity contribution in [2.75, 3.05) is 39.3 Å². The zero-order valence-electron chi connectivity index (χ0n) is 34.7. The van der Waals surface area contributed by atoms with Crippen LogP contribution in [0.2, 0.25) is 10.0 Å². The van der Waals surface area contributed by atoms with Gasteiger partial charge in [-0.1, -0.05) is 59.6 Å². The van der Waals surface area contributed by atoms with Crippen LogP contribution in [0, 0.1) is 5.41 Å². The number of halogens is 2. The minimum Gasteiger partial charge on any atom is -0.481 e. The maximum Gasteiger partial charge on any atom is 0.410 e. The van der Waals surface area contributed by atoms with Crippen molar-refractivity contribution in [3.8, 4) is 39.4 Å². The van der Waals surface area contributed by atoms with Gasteiger partial charge in [0.05, 0.1) is 41.9 Å². The smallest absolute Gasteiger partial charge is 0.410 e. The first-order valence-electron chi connectivity index (χ1n) is 19.1. The molecule has 0 spiro atoms. The van der Waals surface area contributed by atoms with Crippen molar-refractivity contribution in [3.05, 3.63) is 86.8 Å².